The van der Waals surface area contributed by atoms with Crippen molar-refractivity contribution in [2.45, 2.75) is 17.3 Å². The van der Waals surface area contributed by atoms with Crippen LogP contribution in [0.15, 0.2) is 53.4 Å². The molecule has 2 aliphatic rings. The fourth-order valence-corrected chi connectivity index (χ4v) is 5.30. The zero-order valence-corrected chi connectivity index (χ0v) is 18.9. The topological polar surface area (TPSA) is 56.6 Å². The zero-order valence-electron chi connectivity index (χ0n) is 17.2. The van der Waals surface area contributed by atoms with E-state index in [-0.39, 0.29) is 5.91 Å². The lowest BCUT2D eigenvalue weighted by Gasteiger charge is -2.26. The number of carbonyl (C=O) groups is 1. The van der Waals surface area contributed by atoms with E-state index in [4.69, 9.17) is 14.0 Å². The van der Waals surface area contributed by atoms with Gasteiger partial charge in [-0.25, -0.2) is 4.68 Å². The van der Waals surface area contributed by atoms with E-state index < -0.39 is 0 Å². The third-order valence-corrected chi connectivity index (χ3v) is 6.95. The largest absolute Gasteiger partial charge is 0.378 e. The highest BCUT2D eigenvalue weighted by atomic mass is 32.2. The van der Waals surface area contributed by atoms with Crippen molar-refractivity contribution in [2.75, 3.05) is 32.6 Å². The van der Waals surface area contributed by atoms with Gasteiger partial charge in [0.15, 0.2) is 5.69 Å². The number of carbonyl (C=O) groups excluding carboxylic acids is 1. The SMILES string of the molecule is CSOCc1cccc(-n2nc(C(=O)N3CCOCC3)c3c2-c2ccccc2SC3)c1. The van der Waals surface area contributed by atoms with Crippen molar-refractivity contribution >= 4 is 29.7 Å². The molecule has 6 nitrogen and oxygen atoms in total. The zero-order chi connectivity index (χ0) is 21.2. The second kappa shape index (κ2) is 9.08. The minimum absolute atomic E-state index is 0.0137. The summed E-state index contributed by atoms with van der Waals surface area (Å²) in [6, 6.07) is 16.5. The van der Waals surface area contributed by atoms with E-state index in [1.807, 2.05) is 40.1 Å². The molecule has 0 saturated carbocycles. The van der Waals surface area contributed by atoms with Crippen LogP contribution in [-0.4, -0.2) is 53.1 Å². The van der Waals surface area contributed by atoms with Crippen LogP contribution in [0.2, 0.25) is 0 Å². The molecule has 8 heteroatoms. The van der Waals surface area contributed by atoms with Crippen LogP contribution in [0.4, 0.5) is 0 Å². The Bertz CT molecular complexity index is 1110. The smallest absolute Gasteiger partial charge is 0.274 e. The van der Waals surface area contributed by atoms with Gasteiger partial charge in [0, 0.05) is 41.1 Å². The molecule has 5 rings (SSSR count). The number of hydrogen-bond donors (Lipinski definition) is 0. The van der Waals surface area contributed by atoms with E-state index >= 15 is 0 Å². The van der Waals surface area contributed by atoms with Crippen molar-refractivity contribution in [1.29, 1.82) is 0 Å². The quantitative estimate of drug-likeness (QED) is 0.534. The van der Waals surface area contributed by atoms with Gasteiger partial charge in [-0.3, -0.25) is 4.79 Å². The molecule has 0 aliphatic carbocycles. The van der Waals surface area contributed by atoms with E-state index in [1.165, 1.54) is 16.9 Å². The monoisotopic (exact) mass is 453 g/mol. The number of amides is 1. The molecular weight excluding hydrogens is 430 g/mol. The Morgan fingerprint density at radius 3 is 2.87 bits per heavy atom. The normalized spacial score (nSPS) is 15.5. The summed E-state index contributed by atoms with van der Waals surface area (Å²) < 4.78 is 12.9. The van der Waals surface area contributed by atoms with Crippen LogP contribution in [0.1, 0.15) is 21.6 Å². The van der Waals surface area contributed by atoms with Crippen LogP contribution in [0.25, 0.3) is 16.9 Å². The van der Waals surface area contributed by atoms with Crippen molar-refractivity contribution in [2.24, 2.45) is 0 Å². The number of hydrogen-bond acceptors (Lipinski definition) is 6. The molecule has 0 bridgehead atoms. The van der Waals surface area contributed by atoms with E-state index in [0.717, 1.165) is 33.8 Å². The van der Waals surface area contributed by atoms with Crippen LogP contribution in [-0.2, 0) is 21.3 Å². The Labute approximate surface area is 190 Å². The lowest BCUT2D eigenvalue weighted by Crippen LogP contribution is -2.41. The van der Waals surface area contributed by atoms with Gasteiger partial charge in [0.25, 0.3) is 5.91 Å². The summed E-state index contributed by atoms with van der Waals surface area (Å²) in [7, 11) is 0. The molecule has 3 heterocycles. The number of benzene rings is 2. The number of morpholine rings is 1. The summed E-state index contributed by atoms with van der Waals surface area (Å²) >= 11 is 3.11. The van der Waals surface area contributed by atoms with Crippen molar-refractivity contribution in [1.82, 2.24) is 14.7 Å². The lowest BCUT2D eigenvalue weighted by molar-refractivity contribution is 0.0298. The highest BCUT2D eigenvalue weighted by Gasteiger charge is 2.31. The summed E-state index contributed by atoms with van der Waals surface area (Å²) in [6.45, 7) is 2.87. The molecule has 31 heavy (non-hydrogen) atoms. The molecular formula is C23H23N3O3S2. The molecule has 3 aromatic rings. The van der Waals surface area contributed by atoms with Crippen LogP contribution in [0.5, 0.6) is 0 Å². The summed E-state index contributed by atoms with van der Waals surface area (Å²) in [4.78, 5) is 16.5. The Balaban J connectivity index is 1.63. The number of aromatic nitrogens is 2. The van der Waals surface area contributed by atoms with Crippen molar-refractivity contribution in [3.8, 4) is 16.9 Å². The molecule has 0 unspecified atom stereocenters. The molecule has 160 valence electrons. The van der Waals surface area contributed by atoms with Gasteiger partial charge in [-0.1, -0.05) is 30.3 Å². The van der Waals surface area contributed by atoms with Crippen LogP contribution in [0.3, 0.4) is 0 Å². The van der Waals surface area contributed by atoms with Gasteiger partial charge in [0.1, 0.15) is 0 Å². The molecule has 2 aromatic carbocycles. The number of fused-ring (bicyclic) bond motifs is 3. The van der Waals surface area contributed by atoms with Gasteiger partial charge in [0.2, 0.25) is 0 Å². The maximum atomic E-state index is 13.4. The average molecular weight is 454 g/mol. The highest BCUT2D eigenvalue weighted by Crippen LogP contribution is 2.43. The van der Waals surface area contributed by atoms with Gasteiger partial charge in [-0.05, 0) is 35.8 Å². The Kier molecular flexibility index (Phi) is 6.04. The Morgan fingerprint density at radius 2 is 2.03 bits per heavy atom. The first-order chi connectivity index (χ1) is 15.3. The molecule has 1 fully saturated rings. The molecule has 1 saturated heterocycles. The van der Waals surface area contributed by atoms with E-state index in [9.17, 15) is 4.79 Å². The molecule has 0 atom stereocenters. The number of thioether (sulfide) groups is 1. The summed E-state index contributed by atoms with van der Waals surface area (Å²) in [5.74, 6) is 0.715. The fourth-order valence-electron chi connectivity index (χ4n) is 3.98. The second-order valence-electron chi connectivity index (χ2n) is 7.38. The number of nitrogens with zero attached hydrogens (tertiary/aromatic N) is 3. The van der Waals surface area contributed by atoms with Gasteiger partial charge in [-0.15, -0.1) is 11.8 Å². The third-order valence-electron chi connectivity index (χ3n) is 5.50. The second-order valence-corrected chi connectivity index (χ2v) is 8.96. The average Bonchev–Trinajstić information content (AvgIpc) is 3.23. The lowest BCUT2D eigenvalue weighted by atomic mass is 10.0. The maximum absolute atomic E-state index is 13.4. The van der Waals surface area contributed by atoms with Crippen molar-refractivity contribution in [3.63, 3.8) is 0 Å². The molecule has 0 spiro atoms. The van der Waals surface area contributed by atoms with Gasteiger partial charge < -0.3 is 13.8 Å². The Morgan fingerprint density at radius 1 is 1.19 bits per heavy atom. The fraction of sp³-hybridized carbons (Fsp3) is 0.304. The highest BCUT2D eigenvalue weighted by molar-refractivity contribution is 7.98. The molecule has 0 radical (unpaired) electrons. The molecule has 0 N–H and O–H groups in total. The summed E-state index contributed by atoms with van der Waals surface area (Å²) in [6.07, 6.45) is 1.91. The predicted molar refractivity (Wildman–Crippen MR) is 124 cm³/mol. The van der Waals surface area contributed by atoms with E-state index in [2.05, 4.69) is 24.3 Å². The maximum Gasteiger partial charge on any atom is 0.274 e. The Hall–Kier alpha value is -2.26. The first kappa shape index (κ1) is 20.6. The van der Waals surface area contributed by atoms with Crippen LogP contribution < -0.4 is 0 Å². The molecule has 1 amide bonds. The minimum Gasteiger partial charge on any atom is -0.378 e. The van der Waals surface area contributed by atoms with E-state index in [1.54, 1.807) is 11.8 Å². The first-order valence-corrected chi connectivity index (χ1v) is 12.4. The molecule has 1 aromatic heterocycles. The van der Waals surface area contributed by atoms with Gasteiger partial charge >= 0.3 is 0 Å². The minimum atomic E-state index is -0.0137. The van der Waals surface area contributed by atoms with Crippen LogP contribution >= 0.6 is 23.8 Å². The van der Waals surface area contributed by atoms with Crippen molar-refractivity contribution in [3.05, 3.63) is 65.4 Å². The standard InChI is InChI=1S/C23H23N3O3S2/c1-30-29-14-16-5-4-6-17(13-16)26-22-18-7-2-3-8-20(18)31-15-19(22)21(24-26)23(27)25-9-11-28-12-10-25/h2-8,13H,9-12,14-15H2,1H3. The van der Waals surface area contributed by atoms with E-state index in [0.29, 0.717) is 38.6 Å². The molecule has 2 aliphatic heterocycles. The first-order valence-electron chi connectivity index (χ1n) is 10.2. The number of rotatable bonds is 5. The van der Waals surface area contributed by atoms with Gasteiger partial charge in [-0.2, -0.15) is 5.10 Å². The summed E-state index contributed by atoms with van der Waals surface area (Å²) in [5, 5.41) is 4.88. The predicted octanol–water partition coefficient (Wildman–Crippen LogP) is 4.41. The van der Waals surface area contributed by atoms with Crippen LogP contribution in [0, 0.1) is 0 Å². The van der Waals surface area contributed by atoms with Crippen molar-refractivity contribution < 1.29 is 13.7 Å². The summed E-state index contributed by atoms with van der Waals surface area (Å²) in [5.41, 5.74) is 5.68. The third kappa shape index (κ3) is 4.01. The number of ether oxygens (including phenoxy) is 1. The van der Waals surface area contributed by atoms with Gasteiger partial charge in [0.05, 0.1) is 31.2 Å².